The van der Waals surface area contributed by atoms with Crippen molar-refractivity contribution in [1.29, 1.82) is 0 Å². The maximum absolute atomic E-state index is 13.2. The molecule has 1 aromatic carbocycles. The maximum Gasteiger partial charge on any atom is 0.292 e. The van der Waals surface area contributed by atoms with Gasteiger partial charge >= 0.3 is 0 Å². The fourth-order valence-electron chi connectivity index (χ4n) is 3.66. The number of piperidine rings is 1. The number of likely N-dealkylation sites (tertiary alicyclic amines) is 1. The number of nitrogens with one attached hydrogen (secondary N) is 1. The quantitative estimate of drug-likeness (QED) is 0.281. The highest BCUT2D eigenvalue weighted by Gasteiger charge is 2.26. The Hall–Kier alpha value is -4.33. The van der Waals surface area contributed by atoms with E-state index in [1.807, 2.05) is 0 Å². The van der Waals surface area contributed by atoms with Gasteiger partial charge in [-0.2, -0.15) is 9.78 Å². The Morgan fingerprint density at radius 3 is 2.57 bits per heavy atom. The van der Waals surface area contributed by atoms with E-state index >= 15 is 0 Å². The molecular formula is C21H26N10O4. The van der Waals surface area contributed by atoms with Gasteiger partial charge in [0.1, 0.15) is 11.4 Å². The summed E-state index contributed by atoms with van der Waals surface area (Å²) in [6.45, 7) is 3.80. The van der Waals surface area contributed by atoms with E-state index in [2.05, 4.69) is 40.7 Å². The van der Waals surface area contributed by atoms with Gasteiger partial charge in [-0.15, -0.1) is 5.10 Å². The number of benzene rings is 1. The minimum Gasteiger partial charge on any atom is -0.484 e. The van der Waals surface area contributed by atoms with Crippen molar-refractivity contribution in [3.05, 3.63) is 41.2 Å². The molecule has 0 radical (unpaired) electrons. The van der Waals surface area contributed by atoms with E-state index in [0.717, 1.165) is 31.5 Å². The SMILES string of the molecule is CC(=NNC(=O)c1c(CN2CCCCC2)nnn1-c1nonc1N)c1ccc(OCC(N)=O)cc1. The first-order valence-electron chi connectivity index (χ1n) is 11.0. The lowest BCUT2D eigenvalue weighted by Crippen LogP contribution is -2.31. The van der Waals surface area contributed by atoms with E-state index in [9.17, 15) is 9.59 Å². The van der Waals surface area contributed by atoms with E-state index in [-0.39, 0.29) is 23.9 Å². The van der Waals surface area contributed by atoms with Crippen LogP contribution in [0.2, 0.25) is 0 Å². The van der Waals surface area contributed by atoms with E-state index in [1.165, 1.54) is 11.1 Å². The molecule has 35 heavy (non-hydrogen) atoms. The molecule has 0 bridgehead atoms. The monoisotopic (exact) mass is 482 g/mol. The fraction of sp³-hybridized carbons (Fsp3) is 0.381. The topological polar surface area (TPSA) is 193 Å². The Bertz CT molecular complexity index is 1210. The Morgan fingerprint density at radius 1 is 1.17 bits per heavy atom. The summed E-state index contributed by atoms with van der Waals surface area (Å²) in [5.41, 5.74) is 15.4. The number of hydrogen-bond acceptors (Lipinski definition) is 11. The van der Waals surface area contributed by atoms with Crippen LogP contribution in [0.3, 0.4) is 0 Å². The van der Waals surface area contributed by atoms with E-state index in [0.29, 0.717) is 23.7 Å². The lowest BCUT2D eigenvalue weighted by molar-refractivity contribution is -0.119. The molecule has 1 aliphatic rings. The number of amides is 2. The summed E-state index contributed by atoms with van der Waals surface area (Å²) in [7, 11) is 0. The molecule has 0 unspecified atom stereocenters. The van der Waals surface area contributed by atoms with Gasteiger partial charge in [0.2, 0.25) is 11.6 Å². The molecule has 14 heteroatoms. The summed E-state index contributed by atoms with van der Waals surface area (Å²) in [5.74, 6) is -0.566. The lowest BCUT2D eigenvalue weighted by Gasteiger charge is -2.25. The first-order valence-corrected chi connectivity index (χ1v) is 11.0. The highest BCUT2D eigenvalue weighted by molar-refractivity contribution is 6.01. The van der Waals surface area contributed by atoms with Crippen LogP contribution < -0.4 is 21.6 Å². The van der Waals surface area contributed by atoms with Gasteiger partial charge in [-0.05, 0) is 73.0 Å². The standard InChI is InChI=1S/C21H26N10O4/c1-13(14-5-7-15(8-6-14)34-12-17(22)32)24-26-21(33)18-16(11-30-9-3-2-4-10-30)25-29-31(18)20-19(23)27-35-28-20/h5-8H,2-4,9-12H2,1H3,(H2,22,32)(H2,23,27)(H,26,33). The molecule has 1 aliphatic heterocycles. The summed E-state index contributed by atoms with van der Waals surface area (Å²) < 4.78 is 11.1. The molecule has 14 nitrogen and oxygen atoms in total. The molecule has 2 amide bonds. The summed E-state index contributed by atoms with van der Waals surface area (Å²) in [4.78, 5) is 26.3. The summed E-state index contributed by atoms with van der Waals surface area (Å²) >= 11 is 0. The largest absolute Gasteiger partial charge is 0.484 e. The number of carbonyl (C=O) groups is 2. The van der Waals surface area contributed by atoms with Crippen molar-refractivity contribution in [2.75, 3.05) is 25.4 Å². The van der Waals surface area contributed by atoms with Crippen LogP contribution >= 0.6 is 0 Å². The molecule has 5 N–H and O–H groups in total. The first-order chi connectivity index (χ1) is 16.9. The molecule has 2 aromatic heterocycles. The number of ether oxygens (including phenoxy) is 1. The number of carbonyl (C=O) groups excluding carboxylic acids is 2. The Balaban J connectivity index is 1.53. The number of primary amides is 1. The van der Waals surface area contributed by atoms with Crippen molar-refractivity contribution in [3.63, 3.8) is 0 Å². The van der Waals surface area contributed by atoms with Crippen molar-refractivity contribution in [3.8, 4) is 11.6 Å². The number of hydrogen-bond donors (Lipinski definition) is 3. The zero-order valence-corrected chi connectivity index (χ0v) is 19.2. The molecule has 0 saturated carbocycles. The van der Waals surface area contributed by atoms with Crippen molar-refractivity contribution in [2.45, 2.75) is 32.7 Å². The molecule has 3 aromatic rings. The fourth-order valence-corrected chi connectivity index (χ4v) is 3.66. The second kappa shape index (κ2) is 10.7. The van der Waals surface area contributed by atoms with Crippen LogP contribution in [0.4, 0.5) is 5.82 Å². The molecule has 0 aliphatic carbocycles. The molecule has 1 fully saturated rings. The smallest absolute Gasteiger partial charge is 0.292 e. The zero-order chi connectivity index (χ0) is 24.8. The van der Waals surface area contributed by atoms with E-state index < -0.39 is 11.8 Å². The molecule has 184 valence electrons. The summed E-state index contributed by atoms with van der Waals surface area (Å²) in [6, 6.07) is 6.84. The molecular weight excluding hydrogens is 456 g/mol. The number of nitrogen functional groups attached to an aromatic ring is 1. The molecule has 1 saturated heterocycles. The van der Waals surface area contributed by atoms with Gasteiger partial charge in [-0.1, -0.05) is 11.6 Å². The molecule has 0 atom stereocenters. The molecule has 0 spiro atoms. The number of rotatable bonds is 9. The van der Waals surface area contributed by atoms with Crippen LogP contribution in [0.1, 0.15) is 47.9 Å². The Kier molecular flexibility index (Phi) is 7.30. The van der Waals surface area contributed by atoms with E-state index in [4.69, 9.17) is 16.2 Å². The number of aromatic nitrogens is 5. The van der Waals surface area contributed by atoms with Gasteiger partial charge in [0.15, 0.2) is 12.3 Å². The second-order valence-electron chi connectivity index (χ2n) is 8.02. The van der Waals surface area contributed by atoms with Crippen molar-refractivity contribution in [2.24, 2.45) is 10.8 Å². The van der Waals surface area contributed by atoms with Gasteiger partial charge in [0, 0.05) is 6.54 Å². The Labute approximate surface area is 200 Å². The average Bonchev–Trinajstić information content (AvgIpc) is 3.47. The van der Waals surface area contributed by atoms with Crippen LogP contribution in [0, 0.1) is 0 Å². The number of anilines is 1. The lowest BCUT2D eigenvalue weighted by atomic mass is 10.1. The molecule has 3 heterocycles. The maximum atomic E-state index is 13.2. The third-order valence-electron chi connectivity index (χ3n) is 5.45. The zero-order valence-electron chi connectivity index (χ0n) is 19.2. The summed E-state index contributed by atoms with van der Waals surface area (Å²) in [6.07, 6.45) is 3.36. The van der Waals surface area contributed by atoms with Gasteiger partial charge in [0.25, 0.3) is 11.8 Å². The third kappa shape index (κ3) is 5.78. The van der Waals surface area contributed by atoms with Crippen LogP contribution in [0.5, 0.6) is 5.75 Å². The number of hydrazone groups is 1. The number of nitrogens with zero attached hydrogens (tertiary/aromatic N) is 7. The average molecular weight is 483 g/mol. The van der Waals surface area contributed by atoms with Crippen LogP contribution in [-0.2, 0) is 11.3 Å². The van der Waals surface area contributed by atoms with Crippen molar-refractivity contribution in [1.82, 2.24) is 35.6 Å². The summed E-state index contributed by atoms with van der Waals surface area (Å²) in [5, 5.41) is 19.8. The van der Waals surface area contributed by atoms with Gasteiger partial charge < -0.3 is 16.2 Å². The van der Waals surface area contributed by atoms with Crippen LogP contribution in [0.15, 0.2) is 34.0 Å². The number of nitrogens with two attached hydrogens (primary N) is 2. The van der Waals surface area contributed by atoms with Crippen molar-refractivity contribution < 1.29 is 19.0 Å². The Morgan fingerprint density at radius 2 is 1.91 bits per heavy atom. The highest BCUT2D eigenvalue weighted by Crippen LogP contribution is 2.19. The minimum absolute atomic E-state index is 0.0215. The normalized spacial score (nSPS) is 14.6. The van der Waals surface area contributed by atoms with Gasteiger partial charge in [-0.25, -0.2) is 10.1 Å². The van der Waals surface area contributed by atoms with E-state index in [1.54, 1.807) is 31.2 Å². The minimum atomic E-state index is -0.564. The van der Waals surface area contributed by atoms with Crippen molar-refractivity contribution >= 4 is 23.3 Å². The van der Waals surface area contributed by atoms with Gasteiger partial charge in [0.05, 0.1) is 5.71 Å². The highest BCUT2D eigenvalue weighted by atomic mass is 16.6. The van der Waals surface area contributed by atoms with Crippen LogP contribution in [-0.4, -0.2) is 67.4 Å². The first kappa shape index (κ1) is 23.8. The predicted molar refractivity (Wildman–Crippen MR) is 124 cm³/mol. The predicted octanol–water partition coefficient (Wildman–Crippen LogP) is 0.237. The molecule has 4 rings (SSSR count). The second-order valence-corrected chi connectivity index (χ2v) is 8.02. The van der Waals surface area contributed by atoms with Gasteiger partial charge in [-0.3, -0.25) is 14.5 Å². The third-order valence-corrected chi connectivity index (χ3v) is 5.45. The van der Waals surface area contributed by atoms with Crippen LogP contribution in [0.25, 0.3) is 5.82 Å².